The molecule has 2 atom stereocenters. The van der Waals surface area contributed by atoms with Crippen LogP contribution in [0.5, 0.6) is 0 Å². The largest absolute Gasteiger partial charge is 0.299 e. The molecule has 0 spiro atoms. The highest BCUT2D eigenvalue weighted by Crippen LogP contribution is 2.64. The van der Waals surface area contributed by atoms with Gasteiger partial charge in [-0.15, -0.1) is 0 Å². The lowest BCUT2D eigenvalue weighted by atomic mass is 9.70. The third-order valence-corrected chi connectivity index (χ3v) is 7.11. The Morgan fingerprint density at radius 2 is 1.91 bits per heavy atom. The van der Waals surface area contributed by atoms with Crippen molar-refractivity contribution >= 4 is 21.5 Å². The molecule has 1 aromatic carbocycles. The third kappa shape index (κ3) is 2.24. The van der Waals surface area contributed by atoms with Crippen LogP contribution in [0.2, 0.25) is 0 Å². The number of carbonyl (C=O) groups excluding carboxylic acids is 1. The summed E-state index contributed by atoms with van der Waals surface area (Å²) >= 11 is 0. The van der Waals surface area contributed by atoms with Crippen molar-refractivity contribution in [1.29, 1.82) is 0 Å². The summed E-state index contributed by atoms with van der Waals surface area (Å²) in [6, 6.07) is 5.16. The first-order valence-corrected chi connectivity index (χ1v) is 9.11. The number of Topliss-reactive ketones (excluding diaryl/α,β-unsaturated/α-hetero) is 1. The van der Waals surface area contributed by atoms with Crippen LogP contribution >= 0.6 is 0 Å². The van der Waals surface area contributed by atoms with Crippen molar-refractivity contribution < 1.29 is 17.6 Å². The lowest BCUT2D eigenvalue weighted by Crippen LogP contribution is -2.43. The summed E-state index contributed by atoms with van der Waals surface area (Å²) in [5.41, 5.74) is -0.763. The predicted octanol–water partition coefficient (Wildman–Crippen LogP) is 2.96. The number of nitrogens with one attached hydrogen (secondary N) is 1. The Morgan fingerprint density at radius 1 is 1.27 bits per heavy atom. The van der Waals surface area contributed by atoms with Crippen LogP contribution in [-0.4, -0.2) is 20.0 Å². The van der Waals surface area contributed by atoms with E-state index >= 15 is 0 Å². The van der Waals surface area contributed by atoms with E-state index in [2.05, 4.69) is 4.72 Å². The third-order valence-electron chi connectivity index (χ3n) is 5.69. The first-order valence-electron chi connectivity index (χ1n) is 7.46. The van der Waals surface area contributed by atoms with Gasteiger partial charge < -0.3 is 0 Å². The minimum Gasteiger partial charge on any atom is -0.299 e. The predicted molar refractivity (Wildman–Crippen MR) is 82.4 cm³/mol. The number of rotatable bonds is 4. The van der Waals surface area contributed by atoms with E-state index in [4.69, 9.17) is 0 Å². The van der Waals surface area contributed by atoms with E-state index in [1.165, 1.54) is 24.3 Å². The van der Waals surface area contributed by atoms with Crippen LogP contribution in [0.25, 0.3) is 0 Å². The number of fused-ring (bicyclic) bond motifs is 2. The fourth-order valence-corrected chi connectivity index (χ4v) is 6.06. The quantitative estimate of drug-likeness (QED) is 0.925. The molecule has 4 nitrogen and oxygen atoms in total. The number of halogens is 1. The summed E-state index contributed by atoms with van der Waals surface area (Å²) in [5.74, 6) is -0.272. The maximum Gasteiger partial charge on any atom is 0.233 e. The summed E-state index contributed by atoms with van der Waals surface area (Å²) in [7, 11) is -3.67. The van der Waals surface area contributed by atoms with Crippen molar-refractivity contribution in [3.63, 3.8) is 0 Å². The Morgan fingerprint density at radius 3 is 2.41 bits per heavy atom. The van der Waals surface area contributed by atoms with Gasteiger partial charge in [-0.25, -0.2) is 12.8 Å². The minimum atomic E-state index is -3.67. The fourth-order valence-electron chi connectivity index (χ4n) is 4.17. The van der Waals surface area contributed by atoms with Gasteiger partial charge in [0.2, 0.25) is 10.0 Å². The van der Waals surface area contributed by atoms with Crippen LogP contribution in [0.15, 0.2) is 24.3 Å². The molecular weight excluding hydrogens is 305 g/mol. The van der Waals surface area contributed by atoms with Crippen molar-refractivity contribution in [2.75, 3.05) is 10.5 Å². The van der Waals surface area contributed by atoms with Gasteiger partial charge in [-0.3, -0.25) is 9.52 Å². The molecule has 3 rings (SSSR count). The average Bonchev–Trinajstić information content (AvgIpc) is 2.74. The molecular formula is C16H20FNO3S. The van der Waals surface area contributed by atoms with E-state index < -0.39 is 21.3 Å². The lowest BCUT2D eigenvalue weighted by molar-refractivity contribution is -0.128. The van der Waals surface area contributed by atoms with Crippen molar-refractivity contribution in [3.8, 4) is 0 Å². The molecule has 0 heterocycles. The molecule has 0 amide bonds. The molecule has 0 radical (unpaired) electrons. The number of anilines is 1. The Kier molecular flexibility index (Phi) is 3.36. The molecule has 2 saturated carbocycles. The number of carbonyl (C=O) groups is 1. The van der Waals surface area contributed by atoms with E-state index in [-0.39, 0.29) is 22.9 Å². The highest BCUT2D eigenvalue weighted by molar-refractivity contribution is 7.92. The zero-order chi connectivity index (χ0) is 16.2. The normalized spacial score (nSPS) is 29.8. The molecule has 0 aromatic heterocycles. The van der Waals surface area contributed by atoms with Gasteiger partial charge in [-0.2, -0.15) is 0 Å². The first kappa shape index (κ1) is 15.5. The van der Waals surface area contributed by atoms with Gasteiger partial charge in [0.25, 0.3) is 0 Å². The molecule has 2 fully saturated rings. The molecule has 6 heteroatoms. The number of ketones is 1. The summed E-state index contributed by atoms with van der Waals surface area (Å²) in [6.45, 7) is 4.01. The van der Waals surface area contributed by atoms with Crippen LogP contribution in [0.1, 0.15) is 33.1 Å². The monoisotopic (exact) mass is 325 g/mol. The summed E-state index contributed by atoms with van der Waals surface area (Å²) in [6.07, 6.45) is 2.03. The summed E-state index contributed by atoms with van der Waals surface area (Å²) in [5, 5.41) is 0. The highest BCUT2D eigenvalue weighted by atomic mass is 32.2. The number of hydrogen-bond acceptors (Lipinski definition) is 3. The Bertz CT molecular complexity index is 711. The van der Waals surface area contributed by atoms with Gasteiger partial charge in [0.1, 0.15) is 11.6 Å². The van der Waals surface area contributed by atoms with Crippen molar-refractivity contribution in [2.45, 2.75) is 33.1 Å². The van der Waals surface area contributed by atoms with Crippen LogP contribution in [-0.2, 0) is 14.8 Å². The average molecular weight is 325 g/mol. The van der Waals surface area contributed by atoms with Crippen LogP contribution in [0.4, 0.5) is 10.1 Å². The SMILES string of the molecule is CC1(C)C2CC[C@@]1(CS(=O)(=O)Nc1ccc(F)cc1)C(=O)C2. The van der Waals surface area contributed by atoms with Crippen LogP contribution < -0.4 is 4.72 Å². The van der Waals surface area contributed by atoms with Gasteiger partial charge in [0, 0.05) is 12.1 Å². The highest BCUT2D eigenvalue weighted by Gasteiger charge is 2.65. The molecule has 1 aromatic rings. The Hall–Kier alpha value is -1.43. The molecule has 22 heavy (non-hydrogen) atoms. The second kappa shape index (κ2) is 4.78. The van der Waals surface area contributed by atoms with Gasteiger partial charge in [-0.05, 0) is 48.4 Å². The topological polar surface area (TPSA) is 63.2 Å². The molecule has 120 valence electrons. The fraction of sp³-hybridized carbons (Fsp3) is 0.562. The van der Waals surface area contributed by atoms with Crippen LogP contribution in [0, 0.1) is 22.6 Å². The summed E-state index contributed by atoms with van der Waals surface area (Å²) in [4.78, 5) is 12.4. The van der Waals surface area contributed by atoms with E-state index in [1.54, 1.807) is 0 Å². The van der Waals surface area contributed by atoms with E-state index in [1.807, 2.05) is 13.8 Å². The summed E-state index contributed by atoms with van der Waals surface area (Å²) < 4.78 is 40.4. The van der Waals surface area contributed by atoms with Crippen molar-refractivity contribution in [3.05, 3.63) is 30.1 Å². The van der Waals surface area contributed by atoms with Gasteiger partial charge in [0.05, 0.1) is 11.2 Å². The smallest absolute Gasteiger partial charge is 0.233 e. The molecule has 1 N–H and O–H groups in total. The Balaban J connectivity index is 1.85. The zero-order valence-electron chi connectivity index (χ0n) is 12.7. The van der Waals surface area contributed by atoms with E-state index in [0.29, 0.717) is 18.5 Å². The van der Waals surface area contributed by atoms with Gasteiger partial charge in [0.15, 0.2) is 0 Å². The van der Waals surface area contributed by atoms with E-state index in [0.717, 1.165) is 6.42 Å². The standard InChI is InChI=1S/C16H20FNO3S/c1-15(2)11-7-8-16(15,14(19)9-11)10-22(20,21)18-13-5-3-12(17)4-6-13/h3-6,11,18H,7-10H2,1-2H3/t11?,16-/m1/s1. The van der Waals surface area contributed by atoms with Crippen LogP contribution in [0.3, 0.4) is 0 Å². The zero-order valence-corrected chi connectivity index (χ0v) is 13.5. The maximum atomic E-state index is 12.9. The second-order valence-corrected chi connectivity index (χ2v) is 8.76. The molecule has 2 aliphatic carbocycles. The lowest BCUT2D eigenvalue weighted by Gasteiger charge is -2.36. The Labute approximate surface area is 130 Å². The molecule has 0 saturated heterocycles. The molecule has 1 unspecified atom stereocenters. The number of benzene rings is 1. The first-order chi connectivity index (χ1) is 10.2. The number of hydrogen-bond donors (Lipinski definition) is 1. The second-order valence-electron chi connectivity index (χ2n) is 7.03. The maximum absolute atomic E-state index is 12.9. The number of sulfonamides is 1. The van der Waals surface area contributed by atoms with Gasteiger partial charge >= 0.3 is 0 Å². The van der Waals surface area contributed by atoms with Gasteiger partial charge in [-0.1, -0.05) is 13.8 Å². The minimum absolute atomic E-state index is 0.0678. The molecule has 2 bridgehead atoms. The van der Waals surface area contributed by atoms with E-state index in [9.17, 15) is 17.6 Å². The molecule has 0 aliphatic heterocycles. The van der Waals surface area contributed by atoms with Crippen molar-refractivity contribution in [1.82, 2.24) is 0 Å². The van der Waals surface area contributed by atoms with Crippen molar-refractivity contribution in [2.24, 2.45) is 16.7 Å². The molecule has 2 aliphatic rings.